The topological polar surface area (TPSA) is 43.8 Å². The van der Waals surface area contributed by atoms with Gasteiger partial charge in [0.25, 0.3) is 0 Å². The standard InChI is InChI=1S/C12H22N2O2/c1-13(2)11(15)4-3-7-14-8-12(16,9-14)10-5-6-10/h10,16H,3-9H2,1-2H3. The van der Waals surface area contributed by atoms with Crippen molar-refractivity contribution in [2.45, 2.75) is 31.3 Å². The minimum Gasteiger partial charge on any atom is -0.387 e. The largest absolute Gasteiger partial charge is 0.387 e. The zero-order chi connectivity index (χ0) is 11.8. The molecule has 2 fully saturated rings. The zero-order valence-corrected chi connectivity index (χ0v) is 10.3. The predicted octanol–water partition coefficient (Wildman–Crippen LogP) is 0.311. The number of aliphatic hydroxyl groups is 1. The number of carbonyl (C=O) groups excluding carboxylic acids is 1. The van der Waals surface area contributed by atoms with E-state index in [1.807, 2.05) is 0 Å². The molecule has 0 aromatic rings. The van der Waals surface area contributed by atoms with E-state index in [1.54, 1.807) is 19.0 Å². The van der Waals surface area contributed by atoms with E-state index >= 15 is 0 Å². The Kier molecular flexibility index (Phi) is 3.22. The molecule has 0 atom stereocenters. The van der Waals surface area contributed by atoms with Crippen molar-refractivity contribution in [1.29, 1.82) is 0 Å². The summed E-state index contributed by atoms with van der Waals surface area (Å²) in [4.78, 5) is 15.2. The molecule has 92 valence electrons. The van der Waals surface area contributed by atoms with Crippen molar-refractivity contribution in [3.8, 4) is 0 Å². The first-order valence-corrected chi connectivity index (χ1v) is 6.16. The van der Waals surface area contributed by atoms with Crippen molar-refractivity contribution in [2.24, 2.45) is 5.92 Å². The number of β-amino-alcohol motifs (C(OH)–C–C–N with tert-alkyl or cyclic N) is 1. The third kappa shape index (κ3) is 2.55. The summed E-state index contributed by atoms with van der Waals surface area (Å²) in [6.07, 6.45) is 3.91. The van der Waals surface area contributed by atoms with Crippen molar-refractivity contribution >= 4 is 5.91 Å². The number of nitrogens with zero attached hydrogens (tertiary/aromatic N) is 2. The molecule has 1 saturated heterocycles. The van der Waals surface area contributed by atoms with Gasteiger partial charge in [0.05, 0.1) is 5.60 Å². The highest BCUT2D eigenvalue weighted by Crippen LogP contribution is 2.44. The lowest BCUT2D eigenvalue weighted by Gasteiger charge is -2.47. The number of likely N-dealkylation sites (tertiary alicyclic amines) is 1. The highest BCUT2D eigenvalue weighted by Gasteiger charge is 2.51. The summed E-state index contributed by atoms with van der Waals surface area (Å²) in [5, 5.41) is 10.1. The maximum Gasteiger partial charge on any atom is 0.222 e. The Hall–Kier alpha value is -0.610. The van der Waals surface area contributed by atoms with Gasteiger partial charge in [0.2, 0.25) is 5.91 Å². The van der Waals surface area contributed by atoms with E-state index in [1.165, 1.54) is 12.8 Å². The first kappa shape index (κ1) is 11.9. The molecule has 0 aromatic carbocycles. The van der Waals surface area contributed by atoms with E-state index in [-0.39, 0.29) is 11.5 Å². The average molecular weight is 226 g/mol. The van der Waals surface area contributed by atoms with Crippen LogP contribution < -0.4 is 0 Å². The fourth-order valence-electron chi connectivity index (χ4n) is 2.44. The van der Waals surface area contributed by atoms with Gasteiger partial charge in [-0.2, -0.15) is 0 Å². The lowest BCUT2D eigenvalue weighted by atomic mass is 9.88. The highest BCUT2D eigenvalue weighted by atomic mass is 16.3. The quantitative estimate of drug-likeness (QED) is 0.734. The molecule has 4 nitrogen and oxygen atoms in total. The molecule has 1 heterocycles. The summed E-state index contributed by atoms with van der Waals surface area (Å²) < 4.78 is 0. The van der Waals surface area contributed by atoms with Crippen LogP contribution in [-0.4, -0.2) is 60.1 Å². The molecule has 0 unspecified atom stereocenters. The summed E-state index contributed by atoms with van der Waals surface area (Å²) in [5.41, 5.74) is -0.383. The van der Waals surface area contributed by atoms with E-state index in [0.29, 0.717) is 12.3 Å². The highest BCUT2D eigenvalue weighted by molar-refractivity contribution is 5.75. The van der Waals surface area contributed by atoms with E-state index in [9.17, 15) is 9.90 Å². The summed E-state index contributed by atoms with van der Waals surface area (Å²) in [6.45, 7) is 2.57. The molecule has 0 radical (unpaired) electrons. The third-order valence-electron chi connectivity index (χ3n) is 3.70. The molecule has 1 N–H and O–H groups in total. The van der Waals surface area contributed by atoms with Crippen molar-refractivity contribution in [3.05, 3.63) is 0 Å². The van der Waals surface area contributed by atoms with Gasteiger partial charge in [-0.15, -0.1) is 0 Å². The lowest BCUT2D eigenvalue weighted by Crippen LogP contribution is -2.63. The predicted molar refractivity (Wildman–Crippen MR) is 62.0 cm³/mol. The number of rotatable bonds is 5. The molecule has 1 aliphatic carbocycles. The smallest absolute Gasteiger partial charge is 0.222 e. The fourth-order valence-corrected chi connectivity index (χ4v) is 2.44. The van der Waals surface area contributed by atoms with E-state index in [0.717, 1.165) is 26.1 Å². The maximum atomic E-state index is 11.3. The number of carbonyl (C=O) groups is 1. The molecule has 4 heteroatoms. The van der Waals surface area contributed by atoms with Gasteiger partial charge in [-0.3, -0.25) is 9.69 Å². The summed E-state index contributed by atoms with van der Waals surface area (Å²) >= 11 is 0. The number of hydrogen-bond acceptors (Lipinski definition) is 3. The lowest BCUT2D eigenvalue weighted by molar-refractivity contribution is -0.129. The number of hydrogen-bond donors (Lipinski definition) is 1. The van der Waals surface area contributed by atoms with E-state index < -0.39 is 0 Å². The van der Waals surface area contributed by atoms with Crippen LogP contribution in [-0.2, 0) is 4.79 Å². The van der Waals surface area contributed by atoms with Crippen LogP contribution >= 0.6 is 0 Å². The molecule has 2 rings (SSSR count). The normalized spacial score (nSPS) is 23.9. The van der Waals surface area contributed by atoms with Crippen LogP contribution in [0.1, 0.15) is 25.7 Å². The molecule has 0 spiro atoms. The first-order chi connectivity index (χ1) is 7.51. The molecule has 0 bridgehead atoms. The Morgan fingerprint density at radius 3 is 2.56 bits per heavy atom. The second-order valence-electron chi connectivity index (χ2n) is 5.48. The van der Waals surface area contributed by atoms with Crippen LogP contribution in [0.15, 0.2) is 0 Å². The molecule has 1 saturated carbocycles. The zero-order valence-electron chi connectivity index (χ0n) is 10.3. The van der Waals surface area contributed by atoms with Gasteiger partial charge in [-0.05, 0) is 31.7 Å². The van der Waals surface area contributed by atoms with Crippen LogP contribution in [0.25, 0.3) is 0 Å². The Balaban J connectivity index is 1.58. The average Bonchev–Trinajstić information content (AvgIpc) is 2.97. The summed E-state index contributed by atoms with van der Waals surface area (Å²) in [5.74, 6) is 0.755. The van der Waals surface area contributed by atoms with Crippen molar-refractivity contribution in [3.63, 3.8) is 0 Å². The van der Waals surface area contributed by atoms with Gasteiger partial charge >= 0.3 is 0 Å². The SMILES string of the molecule is CN(C)C(=O)CCCN1CC(O)(C2CC2)C1. The van der Waals surface area contributed by atoms with E-state index in [4.69, 9.17) is 0 Å². The molecule has 1 amide bonds. The molecule has 16 heavy (non-hydrogen) atoms. The van der Waals surface area contributed by atoms with Crippen LogP contribution in [0.3, 0.4) is 0 Å². The van der Waals surface area contributed by atoms with Crippen molar-refractivity contribution in [1.82, 2.24) is 9.80 Å². The van der Waals surface area contributed by atoms with Crippen LogP contribution in [0.2, 0.25) is 0 Å². The van der Waals surface area contributed by atoms with Crippen molar-refractivity contribution in [2.75, 3.05) is 33.7 Å². The molecule has 2 aliphatic rings. The Bertz CT molecular complexity index is 268. The fraction of sp³-hybridized carbons (Fsp3) is 0.917. The second kappa shape index (κ2) is 4.34. The van der Waals surface area contributed by atoms with Gasteiger partial charge in [0, 0.05) is 33.6 Å². The third-order valence-corrected chi connectivity index (χ3v) is 3.70. The molecule has 1 aliphatic heterocycles. The Morgan fingerprint density at radius 2 is 2.06 bits per heavy atom. The van der Waals surface area contributed by atoms with Gasteiger partial charge in [0.1, 0.15) is 0 Å². The minimum absolute atomic E-state index is 0.193. The first-order valence-electron chi connectivity index (χ1n) is 6.16. The summed E-state index contributed by atoms with van der Waals surface area (Å²) in [6, 6.07) is 0. The maximum absolute atomic E-state index is 11.3. The van der Waals surface area contributed by atoms with Gasteiger partial charge < -0.3 is 10.0 Å². The van der Waals surface area contributed by atoms with E-state index in [2.05, 4.69) is 4.90 Å². The van der Waals surface area contributed by atoms with Crippen LogP contribution in [0, 0.1) is 5.92 Å². The molecule has 0 aromatic heterocycles. The second-order valence-corrected chi connectivity index (χ2v) is 5.48. The van der Waals surface area contributed by atoms with Crippen molar-refractivity contribution < 1.29 is 9.90 Å². The molecular formula is C12H22N2O2. The molecular weight excluding hydrogens is 204 g/mol. The summed E-state index contributed by atoms with van der Waals surface area (Å²) in [7, 11) is 3.58. The van der Waals surface area contributed by atoms with Gasteiger partial charge in [-0.1, -0.05) is 0 Å². The van der Waals surface area contributed by atoms with Gasteiger partial charge in [-0.25, -0.2) is 0 Å². The Labute approximate surface area is 97.2 Å². The Morgan fingerprint density at radius 1 is 1.44 bits per heavy atom. The minimum atomic E-state index is -0.383. The number of amides is 1. The van der Waals surface area contributed by atoms with Crippen LogP contribution in [0.4, 0.5) is 0 Å². The monoisotopic (exact) mass is 226 g/mol. The van der Waals surface area contributed by atoms with Gasteiger partial charge in [0.15, 0.2) is 0 Å². The van der Waals surface area contributed by atoms with Crippen LogP contribution in [0.5, 0.6) is 0 Å².